The smallest absolute Gasteiger partial charge is 0.341 e. The zero-order valence-corrected chi connectivity index (χ0v) is 12.2. The molecule has 0 aliphatic carbocycles. The van der Waals surface area contributed by atoms with Crippen LogP contribution < -0.4 is 4.74 Å². The number of amides is 1. The predicted octanol–water partition coefficient (Wildman–Crippen LogP) is 1.98. The summed E-state index contributed by atoms with van der Waals surface area (Å²) in [7, 11) is 1.64. The Kier molecular flexibility index (Phi) is 4.41. The summed E-state index contributed by atoms with van der Waals surface area (Å²) in [6.45, 7) is -0.381. The van der Waals surface area contributed by atoms with Crippen LogP contribution in [0.2, 0.25) is 0 Å². The fourth-order valence-corrected chi connectivity index (χ4v) is 2.68. The Morgan fingerprint density at radius 1 is 1.45 bits per heavy atom. The minimum atomic E-state index is -1.03. The van der Waals surface area contributed by atoms with Crippen LogP contribution >= 0.6 is 24.0 Å². The van der Waals surface area contributed by atoms with Crippen LogP contribution in [-0.4, -0.2) is 39.9 Å². The Morgan fingerprint density at radius 2 is 2.10 bits per heavy atom. The molecule has 0 radical (unpaired) electrons. The number of benzene rings is 1. The molecule has 1 heterocycles. The maximum Gasteiger partial charge on any atom is 0.341 e. The van der Waals surface area contributed by atoms with E-state index in [1.54, 1.807) is 37.4 Å². The highest BCUT2D eigenvalue weighted by Gasteiger charge is 2.28. The van der Waals surface area contributed by atoms with E-state index in [0.717, 1.165) is 5.56 Å². The second kappa shape index (κ2) is 6.06. The van der Waals surface area contributed by atoms with Crippen molar-refractivity contribution in [3.63, 3.8) is 0 Å². The Bertz CT molecular complexity index is 595. The number of rotatable bonds is 4. The first kappa shape index (κ1) is 14.5. The lowest BCUT2D eigenvalue weighted by Gasteiger charge is -2.04. The summed E-state index contributed by atoms with van der Waals surface area (Å²) < 4.78 is 5.56. The van der Waals surface area contributed by atoms with Gasteiger partial charge < -0.3 is 9.84 Å². The van der Waals surface area contributed by atoms with E-state index in [2.05, 4.69) is 0 Å². The molecule has 5 nitrogen and oxygen atoms in total. The fourth-order valence-electron chi connectivity index (χ4n) is 1.50. The van der Waals surface area contributed by atoms with Crippen molar-refractivity contribution in [3.8, 4) is 5.75 Å². The SMILES string of the molecule is CN1C(=O)/C(=C\c2ccc(OCC(=O)O)cc2)SC1=S. The number of carboxylic acid groups (broad SMARTS) is 1. The van der Waals surface area contributed by atoms with Crippen LogP contribution in [-0.2, 0) is 9.59 Å². The Labute approximate surface area is 125 Å². The predicted molar refractivity (Wildman–Crippen MR) is 80.5 cm³/mol. The third kappa shape index (κ3) is 3.37. The van der Waals surface area contributed by atoms with Crippen LogP contribution in [0, 0.1) is 0 Å². The third-order valence-corrected chi connectivity index (χ3v) is 4.01. The summed E-state index contributed by atoms with van der Waals surface area (Å²) >= 11 is 6.30. The van der Waals surface area contributed by atoms with Crippen molar-refractivity contribution in [1.82, 2.24) is 4.90 Å². The van der Waals surface area contributed by atoms with Gasteiger partial charge in [-0.05, 0) is 23.8 Å². The van der Waals surface area contributed by atoms with Gasteiger partial charge in [-0.2, -0.15) is 0 Å². The summed E-state index contributed by atoms with van der Waals surface area (Å²) in [5, 5.41) is 8.51. The van der Waals surface area contributed by atoms with E-state index in [1.165, 1.54) is 16.7 Å². The van der Waals surface area contributed by atoms with Crippen LogP contribution in [0.25, 0.3) is 6.08 Å². The first-order valence-electron chi connectivity index (χ1n) is 5.63. The molecule has 0 spiro atoms. The number of carbonyl (C=O) groups is 2. The number of carbonyl (C=O) groups excluding carboxylic acids is 1. The van der Waals surface area contributed by atoms with Gasteiger partial charge in [-0.25, -0.2) is 4.79 Å². The van der Waals surface area contributed by atoms with Gasteiger partial charge in [0.1, 0.15) is 10.1 Å². The lowest BCUT2D eigenvalue weighted by atomic mass is 10.2. The highest BCUT2D eigenvalue weighted by atomic mass is 32.2. The number of ether oxygens (including phenoxy) is 1. The van der Waals surface area contributed by atoms with E-state index >= 15 is 0 Å². The zero-order chi connectivity index (χ0) is 14.7. The molecule has 20 heavy (non-hydrogen) atoms. The summed E-state index contributed by atoms with van der Waals surface area (Å²) in [6.07, 6.45) is 1.74. The van der Waals surface area contributed by atoms with Crippen molar-refractivity contribution < 1.29 is 19.4 Å². The summed E-state index contributed by atoms with van der Waals surface area (Å²) in [4.78, 5) is 24.2. The number of likely N-dealkylation sites (N-methyl/N-ethyl adjacent to an activating group) is 1. The average Bonchev–Trinajstić information content (AvgIpc) is 2.65. The van der Waals surface area contributed by atoms with Crippen molar-refractivity contribution in [1.29, 1.82) is 0 Å². The standard InChI is InChI=1S/C13H11NO4S2/c1-14-12(17)10(20-13(14)19)6-8-2-4-9(5-3-8)18-7-11(15)16/h2-6H,7H2,1H3,(H,15,16)/b10-6+. The Morgan fingerprint density at radius 3 is 2.60 bits per heavy atom. The topological polar surface area (TPSA) is 66.8 Å². The summed E-state index contributed by atoms with van der Waals surface area (Å²) in [5.41, 5.74) is 0.821. The molecule has 1 fully saturated rings. The van der Waals surface area contributed by atoms with Crippen LogP contribution in [0.3, 0.4) is 0 Å². The summed E-state index contributed by atoms with van der Waals surface area (Å²) in [5.74, 6) is -0.681. The van der Waals surface area contributed by atoms with E-state index in [9.17, 15) is 9.59 Å². The van der Waals surface area contributed by atoms with Gasteiger partial charge in [0, 0.05) is 7.05 Å². The maximum absolute atomic E-state index is 11.8. The monoisotopic (exact) mass is 309 g/mol. The van der Waals surface area contributed by atoms with E-state index in [-0.39, 0.29) is 12.5 Å². The van der Waals surface area contributed by atoms with Crippen molar-refractivity contribution in [2.24, 2.45) is 0 Å². The number of carboxylic acids is 1. The molecule has 1 aliphatic heterocycles. The molecule has 104 valence electrons. The lowest BCUT2D eigenvalue weighted by molar-refractivity contribution is -0.139. The van der Waals surface area contributed by atoms with E-state index in [4.69, 9.17) is 22.1 Å². The number of hydrogen-bond donors (Lipinski definition) is 1. The summed E-state index contributed by atoms with van der Waals surface area (Å²) in [6, 6.07) is 6.81. The van der Waals surface area contributed by atoms with Crippen LogP contribution in [0.5, 0.6) is 5.75 Å². The van der Waals surface area contributed by atoms with Crippen molar-refractivity contribution in [3.05, 3.63) is 34.7 Å². The molecule has 0 unspecified atom stereocenters. The third-order valence-electron chi connectivity index (χ3n) is 2.53. The van der Waals surface area contributed by atoms with Crippen LogP contribution in [0.4, 0.5) is 0 Å². The Hall–Kier alpha value is -1.86. The molecule has 1 amide bonds. The number of thioether (sulfide) groups is 1. The number of nitrogens with zero attached hydrogens (tertiary/aromatic N) is 1. The first-order chi connectivity index (χ1) is 9.47. The minimum Gasteiger partial charge on any atom is -0.482 e. The van der Waals surface area contributed by atoms with Gasteiger partial charge in [-0.15, -0.1) is 0 Å². The lowest BCUT2D eigenvalue weighted by Crippen LogP contribution is -2.22. The highest BCUT2D eigenvalue weighted by molar-refractivity contribution is 8.26. The first-order valence-corrected chi connectivity index (χ1v) is 6.86. The second-order valence-electron chi connectivity index (χ2n) is 3.99. The van der Waals surface area contributed by atoms with Crippen molar-refractivity contribution in [2.75, 3.05) is 13.7 Å². The molecule has 1 N–H and O–H groups in total. The molecule has 0 atom stereocenters. The quantitative estimate of drug-likeness (QED) is 0.677. The fraction of sp³-hybridized carbons (Fsp3) is 0.154. The molecular weight excluding hydrogens is 298 g/mol. The average molecular weight is 309 g/mol. The largest absolute Gasteiger partial charge is 0.482 e. The van der Waals surface area contributed by atoms with E-state index in [0.29, 0.717) is 15.0 Å². The van der Waals surface area contributed by atoms with Gasteiger partial charge in [0.05, 0.1) is 4.91 Å². The van der Waals surface area contributed by atoms with Gasteiger partial charge in [-0.1, -0.05) is 36.1 Å². The Balaban J connectivity index is 2.09. The highest BCUT2D eigenvalue weighted by Crippen LogP contribution is 2.31. The number of hydrogen-bond acceptors (Lipinski definition) is 5. The zero-order valence-electron chi connectivity index (χ0n) is 10.5. The molecule has 0 saturated carbocycles. The second-order valence-corrected chi connectivity index (χ2v) is 5.67. The maximum atomic E-state index is 11.8. The molecule has 1 aliphatic rings. The van der Waals surface area contributed by atoms with Gasteiger partial charge in [0.2, 0.25) is 0 Å². The minimum absolute atomic E-state index is 0.119. The molecular formula is C13H11NO4S2. The van der Waals surface area contributed by atoms with Crippen LogP contribution in [0.1, 0.15) is 5.56 Å². The molecule has 1 saturated heterocycles. The molecule has 7 heteroatoms. The molecule has 0 bridgehead atoms. The molecule has 1 aromatic carbocycles. The van der Waals surface area contributed by atoms with Crippen molar-refractivity contribution in [2.45, 2.75) is 0 Å². The van der Waals surface area contributed by atoms with E-state index in [1.807, 2.05) is 0 Å². The molecule has 1 aromatic rings. The van der Waals surface area contributed by atoms with Crippen LogP contribution in [0.15, 0.2) is 29.2 Å². The number of thiocarbonyl (C=S) groups is 1. The van der Waals surface area contributed by atoms with Crippen molar-refractivity contribution >= 4 is 46.3 Å². The van der Waals surface area contributed by atoms with Gasteiger partial charge in [0.25, 0.3) is 5.91 Å². The molecule has 0 aromatic heterocycles. The van der Waals surface area contributed by atoms with Gasteiger partial charge >= 0.3 is 5.97 Å². The number of aliphatic carboxylic acids is 1. The molecule has 2 rings (SSSR count). The van der Waals surface area contributed by atoms with E-state index < -0.39 is 5.97 Å². The van der Waals surface area contributed by atoms with Gasteiger partial charge in [0.15, 0.2) is 6.61 Å². The van der Waals surface area contributed by atoms with Gasteiger partial charge in [-0.3, -0.25) is 9.69 Å². The normalized spacial score (nSPS) is 16.9.